The standard InChI is InChI=1S/C53H64N2O13/c1-4-6-25-62-52(59)55(32-35-16-19-46-47(27-35)64-34-63-46)48-31-43(54-68-49-15-9-12-26-61-49)41-29-36(13-7-10-22-56)40(14-8-11-23-57)50-42-30-39(66-38-17-20-44(60-3)37(28-38)33-58)18-21-45(42)67-53(48,51(41)50)65-24-5-2/h4-5,16-21,27-30,33,36,40,48-51,56-57H,1-2,6-15,22-26,31-32,34H2,3H3/t36-,40+,48-,49?,50+,51+,53+/m0/s1. The number of rotatable bonds is 23. The Morgan fingerprint density at radius 2 is 1.74 bits per heavy atom. The number of unbranched alkanes of at least 4 members (excludes halogenated alkanes) is 2. The molecule has 7 atom stereocenters. The van der Waals surface area contributed by atoms with E-state index < -0.39 is 30.1 Å². The van der Waals surface area contributed by atoms with Gasteiger partial charge in [0.1, 0.15) is 29.0 Å². The number of hydrogen-bond acceptors (Lipinski definition) is 14. The van der Waals surface area contributed by atoms with Gasteiger partial charge in [-0.2, -0.15) is 0 Å². The molecule has 1 saturated carbocycles. The molecule has 3 heterocycles. The van der Waals surface area contributed by atoms with Gasteiger partial charge in [0.25, 0.3) is 0 Å². The third kappa shape index (κ3) is 10.6. The molecule has 3 aromatic rings. The molecule has 3 aliphatic heterocycles. The number of nitrogens with zero attached hydrogens (tertiary/aromatic N) is 2. The Morgan fingerprint density at radius 1 is 0.941 bits per heavy atom. The van der Waals surface area contributed by atoms with Crippen LogP contribution in [0.15, 0.2) is 96.7 Å². The lowest BCUT2D eigenvalue weighted by molar-refractivity contribution is -0.256. The number of methoxy groups -OCH3 is 1. The van der Waals surface area contributed by atoms with Gasteiger partial charge in [0.05, 0.1) is 44.1 Å². The van der Waals surface area contributed by atoms with E-state index in [9.17, 15) is 19.8 Å². The SMILES string of the molecule is C=CCCOC(=O)N(Cc1ccc2c(c1)OCO2)[C@H]1CC(=NOC2CCCCO2)C2=C[C@H](CCCCO)[C@@H](CCCCO)[C@@H]3c4cc(Oc5ccc(OC)c(C=O)c5)ccc4O[C@@]1(OCC=C)[C@H]23. The summed E-state index contributed by atoms with van der Waals surface area (Å²) in [5.74, 6) is 0.635. The number of amides is 1. The minimum absolute atomic E-state index is 0.00199. The van der Waals surface area contributed by atoms with Gasteiger partial charge in [-0.05, 0) is 116 Å². The highest BCUT2D eigenvalue weighted by Gasteiger charge is 2.66. The summed E-state index contributed by atoms with van der Waals surface area (Å²) in [4.78, 5) is 34.9. The van der Waals surface area contributed by atoms with Gasteiger partial charge in [0.2, 0.25) is 18.9 Å². The number of oxime groups is 1. The maximum absolute atomic E-state index is 14.9. The molecule has 2 fully saturated rings. The van der Waals surface area contributed by atoms with Gasteiger partial charge in [-0.1, -0.05) is 42.3 Å². The zero-order valence-electron chi connectivity index (χ0n) is 38.9. The number of hydrogen-bond donors (Lipinski definition) is 2. The summed E-state index contributed by atoms with van der Waals surface area (Å²) in [6, 6.07) is 15.5. The zero-order valence-corrected chi connectivity index (χ0v) is 38.9. The average Bonchev–Trinajstić information content (AvgIpc) is 3.84. The Kier molecular flexibility index (Phi) is 16.4. The second kappa shape index (κ2) is 23.0. The van der Waals surface area contributed by atoms with Crippen molar-refractivity contribution in [1.82, 2.24) is 4.90 Å². The van der Waals surface area contributed by atoms with Crippen LogP contribution in [0.1, 0.15) is 98.0 Å². The van der Waals surface area contributed by atoms with Gasteiger partial charge in [-0.3, -0.25) is 9.69 Å². The van der Waals surface area contributed by atoms with Crippen molar-refractivity contribution >= 4 is 18.1 Å². The van der Waals surface area contributed by atoms with E-state index >= 15 is 0 Å². The quantitative estimate of drug-likeness (QED) is 0.0399. The molecule has 0 spiro atoms. The van der Waals surface area contributed by atoms with Crippen molar-refractivity contribution in [3.05, 3.63) is 108 Å². The molecule has 8 rings (SSSR count). The zero-order chi connectivity index (χ0) is 47.5. The van der Waals surface area contributed by atoms with E-state index in [-0.39, 0.29) is 63.9 Å². The molecule has 0 radical (unpaired) electrons. The maximum atomic E-state index is 14.9. The fourth-order valence-electron chi connectivity index (χ4n) is 10.5. The molecule has 2 N–H and O–H groups in total. The largest absolute Gasteiger partial charge is 0.496 e. The van der Waals surface area contributed by atoms with E-state index in [1.54, 1.807) is 35.3 Å². The molecule has 1 unspecified atom stereocenters. The molecule has 0 aromatic heterocycles. The lowest BCUT2D eigenvalue weighted by Gasteiger charge is -2.59. The van der Waals surface area contributed by atoms with Gasteiger partial charge in [-0.25, -0.2) is 4.79 Å². The first-order valence-corrected chi connectivity index (χ1v) is 23.9. The number of aliphatic hydroxyl groups is 2. The molecule has 15 nitrogen and oxygen atoms in total. The number of allylic oxidation sites excluding steroid dienone is 1. The normalized spacial score (nSPS) is 24.9. The highest BCUT2D eigenvalue weighted by atomic mass is 16.8. The number of benzene rings is 3. The molecule has 68 heavy (non-hydrogen) atoms. The Balaban J connectivity index is 1.33. The summed E-state index contributed by atoms with van der Waals surface area (Å²) < 4.78 is 50.0. The highest BCUT2D eigenvalue weighted by molar-refractivity contribution is 6.03. The highest BCUT2D eigenvalue weighted by Crippen LogP contribution is 2.62. The van der Waals surface area contributed by atoms with Crippen LogP contribution in [0.5, 0.6) is 34.5 Å². The van der Waals surface area contributed by atoms with Crippen molar-refractivity contribution in [3.63, 3.8) is 0 Å². The van der Waals surface area contributed by atoms with Gasteiger partial charge < -0.3 is 52.9 Å². The van der Waals surface area contributed by atoms with Crippen molar-refractivity contribution in [2.24, 2.45) is 22.9 Å². The lowest BCUT2D eigenvalue weighted by Crippen LogP contribution is -2.70. The molecule has 3 aromatic carbocycles. The van der Waals surface area contributed by atoms with E-state index in [4.69, 9.17) is 47.9 Å². The van der Waals surface area contributed by atoms with Crippen molar-refractivity contribution < 1.29 is 62.5 Å². The molecule has 5 aliphatic rings. The predicted octanol–water partition coefficient (Wildman–Crippen LogP) is 9.40. The first kappa shape index (κ1) is 48.6. The van der Waals surface area contributed by atoms with Gasteiger partial charge in [0.15, 0.2) is 17.8 Å². The fraction of sp³-hybridized carbons (Fsp3) is 0.491. The second-order valence-electron chi connectivity index (χ2n) is 17.8. The van der Waals surface area contributed by atoms with Crippen molar-refractivity contribution in [2.45, 2.75) is 101 Å². The number of aliphatic hydroxyl groups excluding tert-OH is 2. The molecular formula is C53H64N2O13. The minimum atomic E-state index is -1.55. The molecule has 1 amide bonds. The van der Waals surface area contributed by atoms with E-state index in [1.165, 1.54) is 7.11 Å². The van der Waals surface area contributed by atoms with Crippen LogP contribution in [0.4, 0.5) is 4.79 Å². The van der Waals surface area contributed by atoms with Crippen LogP contribution in [-0.2, 0) is 25.6 Å². The van der Waals surface area contributed by atoms with Crippen LogP contribution in [0, 0.1) is 17.8 Å². The smallest absolute Gasteiger partial charge is 0.410 e. The van der Waals surface area contributed by atoms with Crippen molar-refractivity contribution in [2.75, 3.05) is 46.9 Å². The number of fused-ring (bicyclic) bond motifs is 3. The molecule has 15 heteroatoms. The monoisotopic (exact) mass is 936 g/mol. The molecule has 1 saturated heterocycles. The topological polar surface area (TPSA) is 173 Å². The number of ether oxygens (including phenoxy) is 8. The third-order valence-corrected chi connectivity index (χ3v) is 13.6. The van der Waals surface area contributed by atoms with Crippen molar-refractivity contribution in [3.8, 4) is 34.5 Å². The molecule has 0 bridgehead atoms. The predicted molar refractivity (Wildman–Crippen MR) is 252 cm³/mol. The third-order valence-electron chi connectivity index (χ3n) is 13.6. The number of carbonyl (C=O) groups is 2. The van der Waals surface area contributed by atoms with E-state index in [0.29, 0.717) is 78.1 Å². The molecule has 364 valence electrons. The summed E-state index contributed by atoms with van der Waals surface area (Å²) in [7, 11) is 1.51. The second-order valence-corrected chi connectivity index (χ2v) is 17.8. The van der Waals surface area contributed by atoms with Gasteiger partial charge >= 0.3 is 6.09 Å². The van der Waals surface area contributed by atoms with Crippen LogP contribution in [0.2, 0.25) is 0 Å². The Labute approximate surface area is 398 Å². The first-order chi connectivity index (χ1) is 33.3. The van der Waals surface area contributed by atoms with Gasteiger partial charge in [-0.15, -0.1) is 13.2 Å². The Hall–Kier alpha value is -5.87. The lowest BCUT2D eigenvalue weighted by atomic mass is 9.55. The summed E-state index contributed by atoms with van der Waals surface area (Å²) in [6.07, 6.45) is 12.7. The number of aldehydes is 1. The van der Waals surface area contributed by atoms with Crippen LogP contribution in [0.3, 0.4) is 0 Å². The summed E-state index contributed by atoms with van der Waals surface area (Å²) in [6.45, 7) is 8.95. The van der Waals surface area contributed by atoms with Crippen molar-refractivity contribution in [1.29, 1.82) is 0 Å². The van der Waals surface area contributed by atoms with Crippen LogP contribution in [0.25, 0.3) is 0 Å². The average molecular weight is 937 g/mol. The molecular weight excluding hydrogens is 873 g/mol. The summed E-state index contributed by atoms with van der Waals surface area (Å²) in [5.41, 5.74) is 3.49. The van der Waals surface area contributed by atoms with Crippen LogP contribution in [-0.4, -0.2) is 98.3 Å². The molecule has 2 aliphatic carbocycles. The van der Waals surface area contributed by atoms with E-state index in [1.807, 2.05) is 36.4 Å². The van der Waals surface area contributed by atoms with Crippen LogP contribution >= 0.6 is 0 Å². The summed E-state index contributed by atoms with van der Waals surface area (Å²) in [5, 5.41) is 25.0. The van der Waals surface area contributed by atoms with E-state index in [2.05, 4.69) is 19.2 Å². The fourth-order valence-corrected chi connectivity index (χ4v) is 10.5. The summed E-state index contributed by atoms with van der Waals surface area (Å²) >= 11 is 0. The number of carbonyl (C=O) groups excluding carboxylic acids is 2. The minimum Gasteiger partial charge on any atom is -0.496 e. The van der Waals surface area contributed by atoms with Gasteiger partial charge in [0, 0.05) is 44.1 Å². The first-order valence-electron chi connectivity index (χ1n) is 23.9. The Morgan fingerprint density at radius 3 is 2.50 bits per heavy atom. The maximum Gasteiger partial charge on any atom is 0.410 e. The Bertz CT molecular complexity index is 2310. The van der Waals surface area contributed by atoms with E-state index in [0.717, 1.165) is 61.5 Å². The van der Waals surface area contributed by atoms with Crippen LogP contribution < -0.4 is 23.7 Å².